The Balaban J connectivity index is 1.92. The highest BCUT2D eigenvalue weighted by molar-refractivity contribution is 7.89. The van der Waals surface area contributed by atoms with Crippen LogP contribution in [0.15, 0.2) is 32.4 Å². The highest BCUT2D eigenvalue weighted by Crippen LogP contribution is 2.25. The van der Waals surface area contributed by atoms with Gasteiger partial charge in [0.2, 0.25) is 10.0 Å². The monoisotopic (exact) mass is 430 g/mol. The van der Waals surface area contributed by atoms with Gasteiger partial charge in [0.05, 0.1) is 22.7 Å². The van der Waals surface area contributed by atoms with Gasteiger partial charge in [-0.15, -0.1) is 0 Å². The molecule has 8 nitrogen and oxygen atoms in total. The third-order valence-corrected chi connectivity index (χ3v) is 6.67. The second-order valence-electron chi connectivity index (χ2n) is 6.07. The second kappa shape index (κ2) is 7.23. The molecule has 11 heteroatoms. The van der Waals surface area contributed by atoms with Crippen molar-refractivity contribution < 1.29 is 12.8 Å². The minimum absolute atomic E-state index is 0.0879. The van der Waals surface area contributed by atoms with E-state index in [0.717, 1.165) is 8.99 Å². The SMILES string of the molecule is Cc1cc2oc(CCn3ncc(Cl)c(Cl)c3=O)nc2cc1S(=O)(=O)N(C)C. The number of hydrogen-bond donors (Lipinski definition) is 0. The van der Waals surface area contributed by atoms with Crippen molar-refractivity contribution in [1.82, 2.24) is 19.1 Å². The topological polar surface area (TPSA) is 98.3 Å². The van der Waals surface area contributed by atoms with Crippen LogP contribution in [-0.2, 0) is 23.0 Å². The summed E-state index contributed by atoms with van der Waals surface area (Å²) in [6.45, 7) is 1.88. The van der Waals surface area contributed by atoms with Gasteiger partial charge in [-0.25, -0.2) is 22.4 Å². The standard InChI is InChI=1S/C16H16Cl2N4O4S/c1-9-6-12-11(7-13(9)27(24,25)21(2)3)20-14(26-12)4-5-22-16(23)15(18)10(17)8-19-22/h6-8H,4-5H2,1-3H3. The number of aromatic nitrogens is 3. The fourth-order valence-electron chi connectivity index (χ4n) is 2.49. The third-order valence-electron chi connectivity index (χ3n) is 3.97. The molecule has 0 aliphatic carbocycles. The van der Waals surface area contributed by atoms with E-state index in [4.69, 9.17) is 27.6 Å². The van der Waals surface area contributed by atoms with Gasteiger partial charge in [-0.1, -0.05) is 23.2 Å². The van der Waals surface area contributed by atoms with Crippen LogP contribution in [0.2, 0.25) is 10.0 Å². The molecule has 2 aromatic heterocycles. The Morgan fingerprint density at radius 1 is 1.26 bits per heavy atom. The Labute approximate surface area is 165 Å². The van der Waals surface area contributed by atoms with Crippen LogP contribution < -0.4 is 5.56 Å². The van der Waals surface area contributed by atoms with E-state index in [0.29, 0.717) is 22.6 Å². The first-order chi connectivity index (χ1) is 12.6. The van der Waals surface area contributed by atoms with Crippen LogP contribution in [0.25, 0.3) is 11.1 Å². The molecule has 0 fully saturated rings. The lowest BCUT2D eigenvalue weighted by atomic mass is 10.2. The zero-order chi connectivity index (χ0) is 19.9. The summed E-state index contributed by atoms with van der Waals surface area (Å²) in [5.41, 5.74) is 0.942. The number of nitrogens with zero attached hydrogens (tertiary/aromatic N) is 4. The summed E-state index contributed by atoms with van der Waals surface area (Å²) >= 11 is 11.6. The van der Waals surface area contributed by atoms with Crippen LogP contribution in [0.4, 0.5) is 0 Å². The zero-order valence-corrected chi connectivity index (χ0v) is 17.1. The first kappa shape index (κ1) is 19.8. The van der Waals surface area contributed by atoms with Crippen LogP contribution in [0.1, 0.15) is 11.5 Å². The van der Waals surface area contributed by atoms with Crippen LogP contribution >= 0.6 is 23.2 Å². The predicted octanol–water partition coefficient (Wildman–Crippen LogP) is 2.49. The Hall–Kier alpha value is -1.94. The Bertz CT molecular complexity index is 1190. The summed E-state index contributed by atoms with van der Waals surface area (Å²) < 4.78 is 32.8. The summed E-state index contributed by atoms with van der Waals surface area (Å²) in [4.78, 5) is 16.5. The maximum atomic E-state index is 12.4. The lowest BCUT2D eigenvalue weighted by Crippen LogP contribution is -2.24. The van der Waals surface area contributed by atoms with Crippen molar-refractivity contribution >= 4 is 44.3 Å². The number of aryl methyl sites for hydroxylation is 3. The number of oxazole rings is 1. The molecule has 0 saturated carbocycles. The molecule has 27 heavy (non-hydrogen) atoms. The molecule has 3 rings (SSSR count). The molecule has 1 aromatic carbocycles. The molecule has 0 aliphatic heterocycles. The number of rotatable bonds is 5. The quantitative estimate of drug-likeness (QED) is 0.616. The maximum absolute atomic E-state index is 12.4. The Morgan fingerprint density at radius 2 is 1.96 bits per heavy atom. The summed E-state index contributed by atoms with van der Waals surface area (Å²) in [7, 11) is -0.656. The van der Waals surface area contributed by atoms with Crippen molar-refractivity contribution in [3.05, 3.63) is 50.2 Å². The summed E-state index contributed by atoms with van der Waals surface area (Å²) in [5, 5.41) is 3.91. The molecule has 0 spiro atoms. The number of sulfonamides is 1. The van der Waals surface area contributed by atoms with Gasteiger partial charge in [0.1, 0.15) is 10.5 Å². The van der Waals surface area contributed by atoms with Crippen molar-refractivity contribution in [3.63, 3.8) is 0 Å². The smallest absolute Gasteiger partial charge is 0.287 e. The Kier molecular flexibility index (Phi) is 5.31. The van der Waals surface area contributed by atoms with Crippen LogP contribution in [0.5, 0.6) is 0 Å². The van der Waals surface area contributed by atoms with Gasteiger partial charge < -0.3 is 4.42 Å². The van der Waals surface area contributed by atoms with Gasteiger partial charge in [0.25, 0.3) is 5.56 Å². The van der Waals surface area contributed by atoms with Gasteiger partial charge in [0.15, 0.2) is 11.5 Å². The molecule has 0 bridgehead atoms. The van der Waals surface area contributed by atoms with Gasteiger partial charge in [0, 0.05) is 20.5 Å². The average molecular weight is 431 g/mol. The van der Waals surface area contributed by atoms with E-state index >= 15 is 0 Å². The van der Waals surface area contributed by atoms with E-state index in [-0.39, 0.29) is 27.9 Å². The molecular weight excluding hydrogens is 415 g/mol. The van der Waals surface area contributed by atoms with Crippen LogP contribution in [0, 0.1) is 6.92 Å². The average Bonchev–Trinajstić information content (AvgIpc) is 2.99. The number of halogens is 2. The molecule has 2 heterocycles. The molecule has 0 atom stereocenters. The predicted molar refractivity (Wildman–Crippen MR) is 102 cm³/mol. The minimum atomic E-state index is -3.59. The molecule has 0 saturated heterocycles. The van der Waals surface area contributed by atoms with E-state index in [2.05, 4.69) is 10.1 Å². The molecular formula is C16H16Cl2N4O4S. The van der Waals surface area contributed by atoms with Crippen LogP contribution in [-0.4, -0.2) is 41.6 Å². The number of benzene rings is 1. The van der Waals surface area contributed by atoms with E-state index in [1.807, 2.05) is 0 Å². The third kappa shape index (κ3) is 3.73. The van der Waals surface area contributed by atoms with Gasteiger partial charge in [-0.3, -0.25) is 4.79 Å². The van der Waals surface area contributed by atoms with E-state index in [1.165, 1.54) is 26.4 Å². The maximum Gasteiger partial charge on any atom is 0.287 e. The normalized spacial score (nSPS) is 12.2. The van der Waals surface area contributed by atoms with E-state index in [1.54, 1.807) is 13.0 Å². The fourth-order valence-corrected chi connectivity index (χ4v) is 3.88. The van der Waals surface area contributed by atoms with Crippen molar-refractivity contribution in [3.8, 4) is 0 Å². The summed E-state index contributed by atoms with van der Waals surface area (Å²) in [6.07, 6.45) is 1.56. The lowest BCUT2D eigenvalue weighted by Gasteiger charge is -2.13. The number of fused-ring (bicyclic) bond motifs is 1. The van der Waals surface area contributed by atoms with Crippen LogP contribution in [0.3, 0.4) is 0 Å². The lowest BCUT2D eigenvalue weighted by molar-refractivity contribution is 0.482. The number of hydrogen-bond acceptors (Lipinski definition) is 6. The molecule has 3 aromatic rings. The first-order valence-corrected chi connectivity index (χ1v) is 10.0. The highest BCUT2D eigenvalue weighted by atomic mass is 35.5. The first-order valence-electron chi connectivity index (χ1n) is 7.85. The highest BCUT2D eigenvalue weighted by Gasteiger charge is 2.22. The van der Waals surface area contributed by atoms with Crippen molar-refractivity contribution in [2.45, 2.75) is 24.8 Å². The van der Waals surface area contributed by atoms with E-state index < -0.39 is 15.6 Å². The fraction of sp³-hybridized carbons (Fsp3) is 0.312. The summed E-state index contributed by atoms with van der Waals surface area (Å²) in [6, 6.07) is 3.11. The zero-order valence-electron chi connectivity index (χ0n) is 14.7. The van der Waals surface area contributed by atoms with Gasteiger partial charge >= 0.3 is 0 Å². The van der Waals surface area contributed by atoms with E-state index in [9.17, 15) is 13.2 Å². The minimum Gasteiger partial charge on any atom is -0.441 e. The molecule has 0 aliphatic rings. The largest absolute Gasteiger partial charge is 0.441 e. The molecule has 0 amide bonds. The molecule has 0 unspecified atom stereocenters. The second-order valence-corrected chi connectivity index (χ2v) is 8.97. The van der Waals surface area contributed by atoms with Gasteiger partial charge in [-0.2, -0.15) is 5.10 Å². The molecule has 144 valence electrons. The molecule has 0 N–H and O–H groups in total. The van der Waals surface area contributed by atoms with Gasteiger partial charge in [-0.05, 0) is 24.6 Å². The summed E-state index contributed by atoms with van der Waals surface area (Å²) in [5.74, 6) is 0.351. The Morgan fingerprint density at radius 3 is 2.63 bits per heavy atom. The van der Waals surface area contributed by atoms with Crippen molar-refractivity contribution in [2.24, 2.45) is 0 Å². The molecule has 0 radical (unpaired) electrons. The van der Waals surface area contributed by atoms with Crippen molar-refractivity contribution in [1.29, 1.82) is 0 Å². The van der Waals surface area contributed by atoms with Crippen molar-refractivity contribution in [2.75, 3.05) is 14.1 Å².